The zero-order chi connectivity index (χ0) is 13.4. The average Bonchev–Trinajstić information content (AvgIpc) is 3.22. The van der Waals surface area contributed by atoms with E-state index < -0.39 is 0 Å². The molecule has 0 aliphatic heterocycles. The fraction of sp³-hybridized carbons (Fsp3) is 0.625. The molecule has 2 aliphatic rings. The summed E-state index contributed by atoms with van der Waals surface area (Å²) < 4.78 is 5.27. The molecule has 0 saturated heterocycles. The number of ether oxygens (including phenoxy) is 1. The summed E-state index contributed by atoms with van der Waals surface area (Å²) in [6, 6.07) is 6.33. The predicted molar refractivity (Wildman–Crippen MR) is 75.4 cm³/mol. The molecule has 0 aromatic heterocycles. The van der Waals surface area contributed by atoms with E-state index in [-0.39, 0.29) is 12.1 Å². The van der Waals surface area contributed by atoms with Crippen molar-refractivity contribution in [1.29, 1.82) is 0 Å². The molecule has 3 nitrogen and oxygen atoms in total. The Morgan fingerprint density at radius 3 is 2.79 bits per heavy atom. The average molecular weight is 261 g/mol. The van der Waals surface area contributed by atoms with E-state index in [9.17, 15) is 5.11 Å². The second kappa shape index (κ2) is 5.14. The highest BCUT2D eigenvalue weighted by Crippen LogP contribution is 2.37. The van der Waals surface area contributed by atoms with Gasteiger partial charge in [-0.05, 0) is 61.9 Å². The fourth-order valence-corrected chi connectivity index (χ4v) is 3.18. The van der Waals surface area contributed by atoms with E-state index in [1.165, 1.54) is 18.4 Å². The van der Waals surface area contributed by atoms with Crippen LogP contribution in [0.15, 0.2) is 18.2 Å². The van der Waals surface area contributed by atoms with Gasteiger partial charge in [0.1, 0.15) is 5.75 Å². The van der Waals surface area contributed by atoms with Crippen LogP contribution in [0, 0.1) is 5.92 Å². The smallest absolute Gasteiger partial charge is 0.119 e. The molecular formula is C16H23NO2. The van der Waals surface area contributed by atoms with Crippen molar-refractivity contribution in [3.05, 3.63) is 29.3 Å². The Balaban J connectivity index is 1.79. The molecule has 2 aliphatic carbocycles. The molecule has 1 N–H and O–H groups in total. The first-order valence-corrected chi connectivity index (χ1v) is 7.24. The summed E-state index contributed by atoms with van der Waals surface area (Å²) in [5.74, 6) is 1.70. The number of likely N-dealkylation sites (N-methyl/N-ethyl adjacent to an activating group) is 1. The van der Waals surface area contributed by atoms with Crippen molar-refractivity contribution in [2.24, 2.45) is 5.92 Å². The third-order valence-electron chi connectivity index (χ3n) is 4.55. The van der Waals surface area contributed by atoms with Gasteiger partial charge in [0.15, 0.2) is 0 Å². The molecular weight excluding hydrogens is 238 g/mol. The first kappa shape index (κ1) is 12.9. The summed E-state index contributed by atoms with van der Waals surface area (Å²) in [5, 5.41) is 10.6. The molecule has 3 rings (SSSR count). The first-order chi connectivity index (χ1) is 9.19. The van der Waals surface area contributed by atoms with Crippen molar-refractivity contribution >= 4 is 0 Å². The molecule has 0 spiro atoms. The van der Waals surface area contributed by atoms with Gasteiger partial charge in [0.2, 0.25) is 0 Å². The van der Waals surface area contributed by atoms with Crippen LogP contribution in [0.5, 0.6) is 5.75 Å². The Kier molecular flexibility index (Phi) is 3.50. The molecule has 2 atom stereocenters. The molecule has 2 unspecified atom stereocenters. The van der Waals surface area contributed by atoms with E-state index in [1.54, 1.807) is 7.11 Å². The van der Waals surface area contributed by atoms with Crippen LogP contribution in [-0.4, -0.2) is 36.8 Å². The number of methoxy groups -OCH3 is 1. The highest BCUT2D eigenvalue weighted by Gasteiger charge is 2.33. The molecule has 3 heteroatoms. The van der Waals surface area contributed by atoms with Crippen LogP contribution in [-0.2, 0) is 6.42 Å². The largest absolute Gasteiger partial charge is 0.497 e. The molecule has 0 bridgehead atoms. The van der Waals surface area contributed by atoms with Gasteiger partial charge in [0.05, 0.1) is 13.2 Å². The van der Waals surface area contributed by atoms with E-state index in [0.29, 0.717) is 0 Å². The van der Waals surface area contributed by atoms with Gasteiger partial charge in [0.25, 0.3) is 0 Å². The van der Waals surface area contributed by atoms with Crippen LogP contribution in [0.25, 0.3) is 0 Å². The number of benzene rings is 1. The Hall–Kier alpha value is -1.06. The molecule has 0 heterocycles. The van der Waals surface area contributed by atoms with Gasteiger partial charge in [0, 0.05) is 12.6 Å². The van der Waals surface area contributed by atoms with E-state index in [1.807, 2.05) is 12.1 Å². The van der Waals surface area contributed by atoms with Crippen LogP contribution in [0.2, 0.25) is 0 Å². The summed E-state index contributed by atoms with van der Waals surface area (Å²) in [7, 11) is 3.82. The molecule has 104 valence electrons. The number of aryl methyl sites for hydroxylation is 1. The van der Waals surface area contributed by atoms with Gasteiger partial charge < -0.3 is 14.7 Å². The first-order valence-electron chi connectivity index (χ1n) is 7.24. The molecule has 1 aromatic carbocycles. The fourth-order valence-electron chi connectivity index (χ4n) is 3.18. The maximum atomic E-state index is 10.6. The van der Waals surface area contributed by atoms with Gasteiger partial charge in [-0.25, -0.2) is 0 Å². The Labute approximate surface area is 115 Å². The quantitative estimate of drug-likeness (QED) is 0.903. The second-order valence-electron chi connectivity index (χ2n) is 6.00. The maximum Gasteiger partial charge on any atom is 0.119 e. The van der Waals surface area contributed by atoms with Crippen LogP contribution < -0.4 is 4.74 Å². The van der Waals surface area contributed by atoms with Crippen LogP contribution in [0.1, 0.15) is 36.5 Å². The topological polar surface area (TPSA) is 32.7 Å². The lowest BCUT2D eigenvalue weighted by molar-refractivity contribution is 0.0476. The number of hydrogen-bond acceptors (Lipinski definition) is 3. The summed E-state index contributed by atoms with van der Waals surface area (Å²) in [5.41, 5.74) is 2.32. The summed E-state index contributed by atoms with van der Waals surface area (Å²) >= 11 is 0. The normalized spacial score (nSPS) is 26.3. The van der Waals surface area contributed by atoms with Gasteiger partial charge in [-0.1, -0.05) is 6.07 Å². The Bertz CT molecular complexity index is 456. The molecule has 0 radical (unpaired) electrons. The third kappa shape index (κ3) is 2.63. The number of fused-ring (bicyclic) bond motifs is 1. The van der Waals surface area contributed by atoms with Crippen molar-refractivity contribution in [3.63, 3.8) is 0 Å². The number of aliphatic hydroxyl groups excluding tert-OH is 1. The summed E-state index contributed by atoms with van der Waals surface area (Å²) in [6.45, 7) is 1.13. The minimum Gasteiger partial charge on any atom is -0.497 e. The van der Waals surface area contributed by atoms with Gasteiger partial charge in [-0.15, -0.1) is 0 Å². The lowest BCUT2D eigenvalue weighted by Crippen LogP contribution is -2.40. The van der Waals surface area contributed by atoms with Crippen molar-refractivity contribution in [2.75, 3.05) is 20.7 Å². The van der Waals surface area contributed by atoms with Gasteiger partial charge >= 0.3 is 0 Å². The highest BCUT2D eigenvalue weighted by atomic mass is 16.5. The van der Waals surface area contributed by atoms with Gasteiger partial charge in [-0.3, -0.25) is 0 Å². The standard InChI is InChI=1S/C16H23NO2/c1-17(10-11-3-4-11)15-8-6-12-5-7-13(19-2)9-14(12)16(15)18/h5,7,9,11,15-16,18H,3-4,6,8,10H2,1-2H3. The Morgan fingerprint density at radius 1 is 1.32 bits per heavy atom. The Morgan fingerprint density at radius 2 is 2.11 bits per heavy atom. The number of nitrogens with zero attached hydrogens (tertiary/aromatic N) is 1. The zero-order valence-electron chi connectivity index (χ0n) is 11.8. The van der Waals surface area contributed by atoms with Gasteiger partial charge in [-0.2, -0.15) is 0 Å². The highest BCUT2D eigenvalue weighted by molar-refractivity contribution is 5.39. The molecule has 1 saturated carbocycles. The minimum absolute atomic E-state index is 0.250. The van der Waals surface area contributed by atoms with Crippen molar-refractivity contribution < 1.29 is 9.84 Å². The van der Waals surface area contributed by atoms with Crippen LogP contribution >= 0.6 is 0 Å². The molecule has 19 heavy (non-hydrogen) atoms. The van der Waals surface area contributed by atoms with Crippen molar-refractivity contribution in [1.82, 2.24) is 4.90 Å². The number of hydrogen-bond donors (Lipinski definition) is 1. The zero-order valence-corrected chi connectivity index (χ0v) is 11.8. The molecule has 1 aromatic rings. The lowest BCUT2D eigenvalue weighted by Gasteiger charge is -2.36. The van der Waals surface area contributed by atoms with Crippen LogP contribution in [0.3, 0.4) is 0 Å². The maximum absolute atomic E-state index is 10.6. The minimum atomic E-state index is -0.386. The second-order valence-corrected chi connectivity index (χ2v) is 6.00. The third-order valence-corrected chi connectivity index (χ3v) is 4.55. The summed E-state index contributed by atoms with van der Waals surface area (Å²) in [6.07, 6.45) is 4.43. The predicted octanol–water partition coefficient (Wildman–Crippen LogP) is 2.39. The molecule has 1 fully saturated rings. The van der Waals surface area contributed by atoms with E-state index in [2.05, 4.69) is 18.0 Å². The van der Waals surface area contributed by atoms with E-state index >= 15 is 0 Å². The number of aliphatic hydroxyl groups is 1. The summed E-state index contributed by atoms with van der Waals surface area (Å²) in [4.78, 5) is 2.35. The lowest BCUT2D eigenvalue weighted by atomic mass is 9.85. The SMILES string of the molecule is COc1ccc2c(c1)C(O)C(N(C)CC1CC1)CC2. The van der Waals surface area contributed by atoms with Crippen molar-refractivity contribution in [3.8, 4) is 5.75 Å². The van der Waals surface area contributed by atoms with E-state index in [0.717, 1.165) is 36.6 Å². The van der Waals surface area contributed by atoms with Crippen molar-refractivity contribution in [2.45, 2.75) is 37.8 Å². The van der Waals surface area contributed by atoms with Crippen LogP contribution in [0.4, 0.5) is 0 Å². The van der Waals surface area contributed by atoms with E-state index in [4.69, 9.17) is 4.74 Å². The monoisotopic (exact) mass is 261 g/mol. The molecule has 0 amide bonds. The number of rotatable bonds is 4.